The number of aromatic nitrogens is 1. The van der Waals surface area contributed by atoms with E-state index in [1.807, 2.05) is 18.3 Å². The summed E-state index contributed by atoms with van der Waals surface area (Å²) in [5.41, 5.74) is 0. The maximum atomic E-state index is 7.19. The van der Waals surface area contributed by atoms with Crippen LogP contribution < -0.4 is 4.90 Å². The number of hydrogen-bond donors (Lipinski definition) is 0. The van der Waals surface area contributed by atoms with Crippen LogP contribution in [-0.4, -0.2) is 54.3 Å². The van der Waals surface area contributed by atoms with Crippen LogP contribution >= 0.6 is 0 Å². The van der Waals surface area contributed by atoms with Crippen molar-refractivity contribution in [3.05, 3.63) is 24.4 Å². The average molecular weight is 208 g/mol. The molecule has 1 aromatic heterocycles. The molecule has 4 nitrogen and oxygen atoms in total. The van der Waals surface area contributed by atoms with Crippen LogP contribution in [0.15, 0.2) is 24.4 Å². The van der Waals surface area contributed by atoms with Gasteiger partial charge in [0.2, 0.25) is 0 Å². The normalized spacial score (nSPS) is 18.1. The lowest BCUT2D eigenvalue weighted by Crippen LogP contribution is -2.47. The van der Waals surface area contributed by atoms with E-state index in [2.05, 4.69) is 20.9 Å². The molecule has 0 aliphatic carbocycles. The molecule has 0 saturated carbocycles. The zero-order valence-corrected chi connectivity index (χ0v) is 8.89. The van der Waals surface area contributed by atoms with Crippen molar-refractivity contribution >= 4 is 5.82 Å². The SMILES string of the molecule is [OH2+]CCN1CCN(c2ccccn2)CC1. The minimum absolute atomic E-state index is 0.504. The van der Waals surface area contributed by atoms with Gasteiger partial charge in [-0.25, -0.2) is 4.98 Å². The van der Waals surface area contributed by atoms with Gasteiger partial charge in [-0.1, -0.05) is 6.07 Å². The topological polar surface area (TPSA) is 42.3 Å². The smallest absolute Gasteiger partial charge is 0.156 e. The van der Waals surface area contributed by atoms with Gasteiger partial charge in [0.25, 0.3) is 0 Å². The van der Waals surface area contributed by atoms with Crippen molar-refractivity contribution in [2.75, 3.05) is 44.2 Å². The van der Waals surface area contributed by atoms with Gasteiger partial charge in [0.1, 0.15) is 5.82 Å². The van der Waals surface area contributed by atoms with Gasteiger partial charge in [-0.15, -0.1) is 0 Å². The monoisotopic (exact) mass is 208 g/mol. The summed E-state index contributed by atoms with van der Waals surface area (Å²) in [7, 11) is 0. The van der Waals surface area contributed by atoms with Gasteiger partial charge >= 0.3 is 0 Å². The molecule has 0 radical (unpaired) electrons. The molecule has 2 rings (SSSR count). The van der Waals surface area contributed by atoms with Crippen molar-refractivity contribution in [1.82, 2.24) is 9.88 Å². The molecule has 1 aliphatic heterocycles. The summed E-state index contributed by atoms with van der Waals surface area (Å²) in [6.07, 6.45) is 1.84. The van der Waals surface area contributed by atoms with Crippen LogP contribution in [0, 0.1) is 0 Å². The third-order valence-electron chi connectivity index (χ3n) is 2.77. The van der Waals surface area contributed by atoms with Crippen LogP contribution in [0.4, 0.5) is 5.82 Å². The first-order chi connectivity index (χ1) is 7.40. The molecule has 0 spiro atoms. The average Bonchev–Trinajstić information content (AvgIpc) is 2.32. The minimum atomic E-state index is 0.504. The minimum Gasteiger partial charge on any atom is -0.444 e. The summed E-state index contributed by atoms with van der Waals surface area (Å²) in [5.74, 6) is 1.07. The van der Waals surface area contributed by atoms with E-state index in [1.165, 1.54) is 0 Å². The highest BCUT2D eigenvalue weighted by molar-refractivity contribution is 5.38. The van der Waals surface area contributed by atoms with E-state index in [-0.39, 0.29) is 0 Å². The number of pyridine rings is 1. The lowest BCUT2D eigenvalue weighted by molar-refractivity contribution is 0.188. The first kappa shape index (κ1) is 10.4. The Hall–Kier alpha value is -1.13. The zero-order valence-electron chi connectivity index (χ0n) is 8.89. The van der Waals surface area contributed by atoms with Gasteiger partial charge in [0.15, 0.2) is 6.61 Å². The first-order valence-corrected chi connectivity index (χ1v) is 5.43. The van der Waals surface area contributed by atoms with E-state index < -0.39 is 0 Å². The Balaban J connectivity index is 1.88. The Kier molecular flexibility index (Phi) is 3.53. The maximum absolute atomic E-state index is 7.19. The van der Waals surface area contributed by atoms with Gasteiger partial charge in [-0.05, 0) is 12.1 Å². The van der Waals surface area contributed by atoms with Crippen LogP contribution in [0.1, 0.15) is 0 Å². The van der Waals surface area contributed by atoms with Crippen molar-refractivity contribution in [1.29, 1.82) is 0 Å². The highest BCUT2D eigenvalue weighted by Gasteiger charge is 2.17. The quantitative estimate of drug-likeness (QED) is 0.653. The molecule has 0 atom stereocenters. The predicted octanol–water partition coefficient (Wildman–Crippen LogP) is -0.0718. The van der Waals surface area contributed by atoms with Crippen LogP contribution in [0.3, 0.4) is 0 Å². The highest BCUT2D eigenvalue weighted by atomic mass is 16.3. The van der Waals surface area contributed by atoms with E-state index in [4.69, 9.17) is 5.11 Å². The molecule has 1 saturated heterocycles. The summed E-state index contributed by atoms with van der Waals surface area (Å²) < 4.78 is 0. The molecule has 1 aromatic rings. The fourth-order valence-electron chi connectivity index (χ4n) is 1.90. The van der Waals surface area contributed by atoms with E-state index in [1.54, 1.807) is 0 Å². The molecule has 2 N–H and O–H groups in total. The number of hydrogen-bond acceptors (Lipinski definition) is 3. The van der Waals surface area contributed by atoms with Gasteiger partial charge in [0, 0.05) is 32.4 Å². The summed E-state index contributed by atoms with van der Waals surface area (Å²) >= 11 is 0. The Morgan fingerprint density at radius 3 is 2.60 bits per heavy atom. The largest absolute Gasteiger partial charge is 0.444 e. The number of rotatable bonds is 3. The molecule has 1 fully saturated rings. The number of nitrogens with zero attached hydrogens (tertiary/aromatic N) is 3. The Morgan fingerprint density at radius 2 is 2.00 bits per heavy atom. The van der Waals surface area contributed by atoms with Crippen molar-refractivity contribution in [3.8, 4) is 0 Å². The summed E-state index contributed by atoms with van der Waals surface area (Å²) in [4.78, 5) is 8.99. The van der Waals surface area contributed by atoms with Gasteiger partial charge in [-0.3, -0.25) is 4.90 Å². The molecule has 0 bridgehead atoms. The van der Waals surface area contributed by atoms with Crippen molar-refractivity contribution < 1.29 is 5.11 Å². The maximum Gasteiger partial charge on any atom is 0.156 e. The molecule has 2 heterocycles. The van der Waals surface area contributed by atoms with Gasteiger partial charge in [-0.2, -0.15) is 0 Å². The Morgan fingerprint density at radius 1 is 1.20 bits per heavy atom. The van der Waals surface area contributed by atoms with E-state index in [9.17, 15) is 0 Å². The molecule has 82 valence electrons. The van der Waals surface area contributed by atoms with E-state index in [0.29, 0.717) is 6.61 Å². The molecule has 4 heteroatoms. The van der Waals surface area contributed by atoms with Crippen molar-refractivity contribution in [2.24, 2.45) is 0 Å². The highest BCUT2D eigenvalue weighted by Crippen LogP contribution is 2.11. The van der Waals surface area contributed by atoms with Crippen LogP contribution in [0.5, 0.6) is 0 Å². The first-order valence-electron chi connectivity index (χ1n) is 5.43. The predicted molar refractivity (Wildman–Crippen MR) is 61.4 cm³/mol. The molecular formula is C11H18N3O+. The van der Waals surface area contributed by atoms with Crippen molar-refractivity contribution in [3.63, 3.8) is 0 Å². The van der Waals surface area contributed by atoms with Crippen LogP contribution in [0.2, 0.25) is 0 Å². The Bertz CT molecular complexity index is 283. The third-order valence-corrected chi connectivity index (χ3v) is 2.77. The number of piperazine rings is 1. The van der Waals surface area contributed by atoms with E-state index >= 15 is 0 Å². The van der Waals surface area contributed by atoms with Gasteiger partial charge < -0.3 is 10.0 Å². The second-order valence-electron chi connectivity index (χ2n) is 3.77. The van der Waals surface area contributed by atoms with Crippen molar-refractivity contribution in [2.45, 2.75) is 0 Å². The molecule has 0 unspecified atom stereocenters. The Labute approximate surface area is 90.1 Å². The number of anilines is 1. The fraction of sp³-hybridized carbons (Fsp3) is 0.545. The lowest BCUT2D eigenvalue weighted by Gasteiger charge is -2.34. The standard InChI is InChI=1S/C11H17N3O/c15-10-9-13-5-7-14(8-6-13)11-3-1-2-4-12-11/h1-4,15H,5-10H2/p+1. The van der Waals surface area contributed by atoms with Gasteiger partial charge in [0.05, 0.1) is 6.54 Å². The fourth-order valence-corrected chi connectivity index (χ4v) is 1.90. The third kappa shape index (κ3) is 2.67. The summed E-state index contributed by atoms with van der Waals surface area (Å²) in [6.45, 7) is 5.55. The molecule has 0 aromatic carbocycles. The van der Waals surface area contributed by atoms with E-state index in [0.717, 1.165) is 38.5 Å². The molecule has 15 heavy (non-hydrogen) atoms. The lowest BCUT2D eigenvalue weighted by atomic mass is 10.3. The zero-order chi connectivity index (χ0) is 10.5. The van der Waals surface area contributed by atoms with Crippen LogP contribution in [0.25, 0.3) is 0 Å². The molecular weight excluding hydrogens is 190 g/mol. The molecule has 0 amide bonds. The summed E-state index contributed by atoms with van der Waals surface area (Å²) in [5, 5.41) is 7.19. The summed E-state index contributed by atoms with van der Waals surface area (Å²) in [6, 6.07) is 6.03. The van der Waals surface area contributed by atoms with Crippen LogP contribution in [-0.2, 0) is 0 Å². The second kappa shape index (κ2) is 5.09. The second-order valence-corrected chi connectivity index (χ2v) is 3.77. The molecule has 1 aliphatic rings.